The SMILES string of the molecule is CC(NC(=O)/C(C#N)=C\NC(C)(C)CC(C)(C)C)C(=O)O. The van der Waals surface area contributed by atoms with Crippen molar-refractivity contribution >= 4 is 11.9 Å². The van der Waals surface area contributed by atoms with Gasteiger partial charge in [-0.2, -0.15) is 5.26 Å². The number of hydrogen-bond acceptors (Lipinski definition) is 4. The van der Waals surface area contributed by atoms with E-state index in [1.165, 1.54) is 13.1 Å². The van der Waals surface area contributed by atoms with Gasteiger partial charge in [-0.05, 0) is 32.6 Å². The van der Waals surface area contributed by atoms with E-state index in [0.717, 1.165) is 6.42 Å². The Morgan fingerprint density at radius 2 is 1.81 bits per heavy atom. The number of carbonyl (C=O) groups excluding carboxylic acids is 1. The Hall–Kier alpha value is -2.03. The zero-order valence-electron chi connectivity index (χ0n) is 13.6. The van der Waals surface area contributed by atoms with Gasteiger partial charge in [-0.1, -0.05) is 20.8 Å². The van der Waals surface area contributed by atoms with Crippen molar-refractivity contribution in [1.82, 2.24) is 10.6 Å². The molecule has 0 rings (SSSR count). The summed E-state index contributed by atoms with van der Waals surface area (Å²) in [6.07, 6.45) is 2.18. The van der Waals surface area contributed by atoms with Crippen LogP contribution in [0.2, 0.25) is 0 Å². The van der Waals surface area contributed by atoms with E-state index in [1.807, 2.05) is 13.8 Å². The van der Waals surface area contributed by atoms with Crippen LogP contribution < -0.4 is 10.6 Å². The molecule has 0 radical (unpaired) electrons. The van der Waals surface area contributed by atoms with Crippen molar-refractivity contribution in [2.75, 3.05) is 0 Å². The van der Waals surface area contributed by atoms with Crippen molar-refractivity contribution in [1.29, 1.82) is 5.26 Å². The second-order valence-corrected chi connectivity index (χ2v) is 6.97. The van der Waals surface area contributed by atoms with Crippen LogP contribution in [0.4, 0.5) is 0 Å². The van der Waals surface area contributed by atoms with Gasteiger partial charge in [0.2, 0.25) is 0 Å². The molecule has 0 heterocycles. The lowest BCUT2D eigenvalue weighted by Crippen LogP contribution is -2.41. The molecule has 1 amide bonds. The van der Waals surface area contributed by atoms with Crippen molar-refractivity contribution in [2.24, 2.45) is 5.41 Å². The van der Waals surface area contributed by atoms with Gasteiger partial charge in [0.25, 0.3) is 5.91 Å². The van der Waals surface area contributed by atoms with E-state index >= 15 is 0 Å². The normalized spacial score (nSPS) is 14.0. The largest absolute Gasteiger partial charge is 0.480 e. The number of nitriles is 1. The molecule has 21 heavy (non-hydrogen) atoms. The van der Waals surface area contributed by atoms with Crippen LogP contribution in [0.25, 0.3) is 0 Å². The molecule has 6 nitrogen and oxygen atoms in total. The third kappa shape index (κ3) is 7.98. The lowest BCUT2D eigenvalue weighted by atomic mass is 9.82. The van der Waals surface area contributed by atoms with Crippen LogP contribution in [-0.2, 0) is 9.59 Å². The van der Waals surface area contributed by atoms with Gasteiger partial charge in [0, 0.05) is 11.7 Å². The Morgan fingerprint density at radius 3 is 2.19 bits per heavy atom. The van der Waals surface area contributed by atoms with Crippen molar-refractivity contribution in [2.45, 2.75) is 59.5 Å². The molecular weight excluding hydrogens is 270 g/mol. The topological polar surface area (TPSA) is 102 Å². The first kappa shape index (κ1) is 19.0. The average Bonchev–Trinajstić information content (AvgIpc) is 2.25. The van der Waals surface area contributed by atoms with E-state index < -0.39 is 17.9 Å². The van der Waals surface area contributed by atoms with E-state index in [4.69, 9.17) is 10.4 Å². The third-order valence-electron chi connectivity index (χ3n) is 2.66. The predicted molar refractivity (Wildman–Crippen MR) is 80.2 cm³/mol. The standard InChI is InChI=1S/C15H25N3O3/c1-10(13(20)21)18-12(19)11(7-16)8-17-15(5,6)9-14(2,3)4/h8,10,17H,9H2,1-6H3,(H,18,19)(H,20,21)/b11-8-. The molecule has 0 bridgehead atoms. The van der Waals surface area contributed by atoms with Gasteiger partial charge in [0.1, 0.15) is 17.7 Å². The van der Waals surface area contributed by atoms with E-state index in [-0.39, 0.29) is 16.5 Å². The molecule has 0 spiro atoms. The lowest BCUT2D eigenvalue weighted by molar-refractivity contribution is -0.140. The van der Waals surface area contributed by atoms with Crippen molar-refractivity contribution in [3.8, 4) is 6.07 Å². The molecular formula is C15H25N3O3. The minimum atomic E-state index is -1.15. The van der Waals surface area contributed by atoms with Crippen LogP contribution in [0.3, 0.4) is 0 Å². The molecule has 1 unspecified atom stereocenters. The molecule has 0 fully saturated rings. The summed E-state index contributed by atoms with van der Waals surface area (Å²) in [5.74, 6) is -1.85. The summed E-state index contributed by atoms with van der Waals surface area (Å²) < 4.78 is 0. The highest BCUT2D eigenvalue weighted by molar-refractivity contribution is 5.99. The maximum atomic E-state index is 11.8. The van der Waals surface area contributed by atoms with Gasteiger partial charge in [-0.3, -0.25) is 9.59 Å². The van der Waals surface area contributed by atoms with E-state index in [0.29, 0.717) is 0 Å². The summed E-state index contributed by atoms with van der Waals surface area (Å²) >= 11 is 0. The van der Waals surface area contributed by atoms with Crippen LogP contribution in [0, 0.1) is 16.7 Å². The first-order valence-corrected chi connectivity index (χ1v) is 6.79. The smallest absolute Gasteiger partial charge is 0.325 e. The summed E-state index contributed by atoms with van der Waals surface area (Å²) in [6.45, 7) is 11.6. The molecule has 0 aliphatic heterocycles. The summed E-state index contributed by atoms with van der Waals surface area (Å²) in [5, 5.41) is 23.1. The molecule has 3 N–H and O–H groups in total. The predicted octanol–water partition coefficient (Wildman–Crippen LogP) is 1.79. The van der Waals surface area contributed by atoms with Crippen molar-refractivity contribution < 1.29 is 14.7 Å². The number of carboxylic acids is 1. The maximum absolute atomic E-state index is 11.8. The van der Waals surface area contributed by atoms with E-state index in [1.54, 1.807) is 6.07 Å². The molecule has 0 saturated carbocycles. The number of amides is 1. The summed E-state index contributed by atoms with van der Waals surface area (Å²) in [6, 6.07) is 0.731. The second-order valence-electron chi connectivity index (χ2n) is 6.97. The molecule has 0 aromatic rings. The van der Waals surface area contributed by atoms with Crippen molar-refractivity contribution in [3.63, 3.8) is 0 Å². The number of hydrogen-bond donors (Lipinski definition) is 3. The quantitative estimate of drug-likeness (QED) is 0.512. The van der Waals surface area contributed by atoms with Crippen LogP contribution in [0.1, 0.15) is 48.0 Å². The Balaban J connectivity index is 4.85. The van der Waals surface area contributed by atoms with Gasteiger partial charge in [0.15, 0.2) is 0 Å². The Morgan fingerprint density at radius 1 is 1.29 bits per heavy atom. The molecule has 0 saturated heterocycles. The molecule has 118 valence electrons. The lowest BCUT2D eigenvalue weighted by Gasteiger charge is -2.33. The minimum Gasteiger partial charge on any atom is -0.480 e. The average molecular weight is 295 g/mol. The van der Waals surface area contributed by atoms with Crippen LogP contribution in [0.15, 0.2) is 11.8 Å². The van der Waals surface area contributed by atoms with Gasteiger partial charge in [0.05, 0.1) is 0 Å². The zero-order chi connectivity index (χ0) is 16.8. The number of nitrogens with one attached hydrogen (secondary N) is 2. The highest BCUT2D eigenvalue weighted by Gasteiger charge is 2.25. The summed E-state index contributed by atoms with van der Waals surface area (Å²) in [4.78, 5) is 22.5. The minimum absolute atomic E-state index is 0.0945. The Bertz CT molecular complexity index is 468. The Kier molecular flexibility index (Phi) is 6.43. The number of carbonyl (C=O) groups is 2. The van der Waals surface area contributed by atoms with E-state index in [2.05, 4.69) is 31.4 Å². The fourth-order valence-corrected chi connectivity index (χ4v) is 2.13. The molecule has 6 heteroatoms. The monoisotopic (exact) mass is 295 g/mol. The maximum Gasteiger partial charge on any atom is 0.325 e. The van der Waals surface area contributed by atoms with Crippen LogP contribution >= 0.6 is 0 Å². The fraction of sp³-hybridized carbons (Fsp3) is 0.667. The fourth-order valence-electron chi connectivity index (χ4n) is 2.13. The van der Waals surface area contributed by atoms with Gasteiger partial charge >= 0.3 is 5.97 Å². The molecule has 1 atom stereocenters. The number of rotatable bonds is 6. The zero-order valence-corrected chi connectivity index (χ0v) is 13.6. The van der Waals surface area contributed by atoms with E-state index in [9.17, 15) is 9.59 Å². The van der Waals surface area contributed by atoms with Crippen LogP contribution in [-0.4, -0.2) is 28.6 Å². The first-order valence-electron chi connectivity index (χ1n) is 6.79. The number of aliphatic carboxylic acids is 1. The Labute approximate surface area is 126 Å². The van der Waals surface area contributed by atoms with Crippen LogP contribution in [0.5, 0.6) is 0 Å². The highest BCUT2D eigenvalue weighted by atomic mass is 16.4. The number of carboxylic acid groups (broad SMARTS) is 1. The first-order chi connectivity index (χ1) is 9.38. The van der Waals surface area contributed by atoms with Gasteiger partial charge in [-0.15, -0.1) is 0 Å². The third-order valence-corrected chi connectivity index (χ3v) is 2.66. The number of nitrogens with zero attached hydrogens (tertiary/aromatic N) is 1. The molecule has 0 aromatic heterocycles. The summed E-state index contributed by atoms with van der Waals surface area (Å²) in [7, 11) is 0. The second kappa shape index (κ2) is 7.11. The summed E-state index contributed by atoms with van der Waals surface area (Å²) in [5.41, 5.74) is -0.346. The highest BCUT2D eigenvalue weighted by Crippen LogP contribution is 2.26. The molecule has 0 aliphatic rings. The molecule has 0 aliphatic carbocycles. The molecule has 0 aromatic carbocycles. The van der Waals surface area contributed by atoms with Crippen molar-refractivity contribution in [3.05, 3.63) is 11.8 Å². The van der Waals surface area contributed by atoms with Gasteiger partial charge < -0.3 is 15.7 Å². The van der Waals surface area contributed by atoms with Gasteiger partial charge in [-0.25, -0.2) is 0 Å².